The fraction of sp³-hybridized carbons (Fsp3) is 0.900. The molecule has 0 radical (unpaired) electrons. The maximum absolute atomic E-state index is 10.5. The smallest absolute Gasteiger partial charge is 0.247 e. The predicted octanol–water partition coefficient (Wildman–Crippen LogP) is -2.17. The topological polar surface area (TPSA) is 114 Å². The van der Waals surface area contributed by atoms with Crippen LogP contribution in [0.15, 0.2) is 0 Å². The number of nitrogens with one attached hydrogen (secondary N) is 1. The van der Waals surface area contributed by atoms with Gasteiger partial charge < -0.3 is 30.7 Å². The largest absolute Gasteiger partial charge is 0.389 e. The molecule has 3 unspecified atom stereocenters. The van der Waals surface area contributed by atoms with Gasteiger partial charge in [-0.1, -0.05) is 0 Å². The monoisotopic (exact) mass is 250 g/mol. The second-order valence-electron chi connectivity index (χ2n) is 3.83. The minimum atomic E-state index is -1.24. The Morgan fingerprint density at radius 2 is 2.00 bits per heavy atom. The lowest BCUT2D eigenvalue weighted by Gasteiger charge is -2.16. The van der Waals surface area contributed by atoms with Gasteiger partial charge in [0, 0.05) is 20.2 Å². The zero-order chi connectivity index (χ0) is 13.3. The lowest BCUT2D eigenvalue weighted by atomic mass is 10.3. The van der Waals surface area contributed by atoms with Gasteiger partial charge in [0.15, 0.2) is 0 Å². The Kier molecular flexibility index (Phi) is 8.92. The summed E-state index contributed by atoms with van der Waals surface area (Å²) in [5, 5.41) is 21.3. The number of nitrogens with two attached hydrogens (primary N) is 1. The molecule has 7 heteroatoms. The lowest BCUT2D eigenvalue weighted by molar-refractivity contribution is -0.125. The van der Waals surface area contributed by atoms with Crippen LogP contribution in [0.1, 0.15) is 6.92 Å². The van der Waals surface area contributed by atoms with Crippen molar-refractivity contribution >= 4 is 5.91 Å². The summed E-state index contributed by atoms with van der Waals surface area (Å²) in [5.41, 5.74) is 4.85. The highest BCUT2D eigenvalue weighted by molar-refractivity contribution is 5.78. The Bertz CT molecular complexity index is 215. The summed E-state index contributed by atoms with van der Waals surface area (Å²) in [5.74, 6) is -0.794. The fourth-order valence-corrected chi connectivity index (χ4v) is 1.10. The molecule has 0 aliphatic heterocycles. The number of primary amides is 1. The highest BCUT2D eigenvalue weighted by Crippen LogP contribution is 1.93. The summed E-state index contributed by atoms with van der Waals surface area (Å²) in [6.07, 6.45) is -2.05. The van der Waals surface area contributed by atoms with E-state index in [1.54, 1.807) is 7.11 Å². The van der Waals surface area contributed by atoms with Crippen LogP contribution in [0.3, 0.4) is 0 Å². The molecule has 0 bridgehead atoms. The Hall–Kier alpha value is -0.730. The van der Waals surface area contributed by atoms with E-state index in [-0.39, 0.29) is 25.8 Å². The van der Waals surface area contributed by atoms with Crippen molar-refractivity contribution in [1.29, 1.82) is 0 Å². The third-order valence-corrected chi connectivity index (χ3v) is 2.02. The van der Waals surface area contributed by atoms with Crippen LogP contribution in [-0.4, -0.2) is 67.8 Å². The third kappa shape index (κ3) is 9.02. The van der Waals surface area contributed by atoms with Gasteiger partial charge in [0.05, 0.1) is 25.4 Å². The third-order valence-electron chi connectivity index (χ3n) is 2.02. The molecule has 3 atom stereocenters. The Balaban J connectivity index is 3.52. The first-order chi connectivity index (χ1) is 7.97. The van der Waals surface area contributed by atoms with Crippen LogP contribution in [0.2, 0.25) is 0 Å². The van der Waals surface area contributed by atoms with Crippen molar-refractivity contribution in [3.05, 3.63) is 0 Å². The highest BCUT2D eigenvalue weighted by Gasteiger charge is 2.12. The number of aliphatic hydroxyl groups excluding tert-OH is 2. The van der Waals surface area contributed by atoms with E-state index in [0.717, 1.165) is 0 Å². The first-order valence-corrected chi connectivity index (χ1v) is 5.44. The standard InChI is InChI=1S/C10H22N2O5/c1-7(5-16-2)17-6-8(13)3-12-4-9(14)10(11)15/h7-9,12-14H,3-6H2,1-2H3,(H2,11,15). The zero-order valence-corrected chi connectivity index (χ0v) is 10.3. The van der Waals surface area contributed by atoms with Crippen LogP contribution in [0.5, 0.6) is 0 Å². The van der Waals surface area contributed by atoms with E-state index in [9.17, 15) is 9.90 Å². The van der Waals surface area contributed by atoms with Crippen molar-refractivity contribution in [2.75, 3.05) is 33.4 Å². The van der Waals surface area contributed by atoms with Gasteiger partial charge in [-0.15, -0.1) is 0 Å². The summed E-state index contributed by atoms with van der Waals surface area (Å²) in [4.78, 5) is 10.5. The van der Waals surface area contributed by atoms with Crippen LogP contribution >= 0.6 is 0 Å². The van der Waals surface area contributed by atoms with E-state index in [1.165, 1.54) is 0 Å². The average Bonchev–Trinajstić information content (AvgIpc) is 2.26. The van der Waals surface area contributed by atoms with Gasteiger partial charge in [-0.2, -0.15) is 0 Å². The predicted molar refractivity (Wildman–Crippen MR) is 61.4 cm³/mol. The van der Waals surface area contributed by atoms with E-state index >= 15 is 0 Å². The molecule has 0 aliphatic carbocycles. The maximum atomic E-state index is 10.5. The van der Waals surface area contributed by atoms with Crippen molar-refractivity contribution in [3.63, 3.8) is 0 Å². The molecule has 17 heavy (non-hydrogen) atoms. The normalized spacial score (nSPS) is 16.5. The molecule has 7 nitrogen and oxygen atoms in total. The van der Waals surface area contributed by atoms with Gasteiger partial charge in [-0.25, -0.2) is 0 Å². The molecule has 0 spiro atoms. The number of hydrogen-bond acceptors (Lipinski definition) is 6. The van der Waals surface area contributed by atoms with E-state index in [1.807, 2.05) is 6.92 Å². The molecule has 0 aromatic carbocycles. The van der Waals surface area contributed by atoms with E-state index < -0.39 is 18.1 Å². The summed E-state index contributed by atoms with van der Waals surface area (Å²) in [7, 11) is 1.57. The number of methoxy groups -OCH3 is 1. The second-order valence-corrected chi connectivity index (χ2v) is 3.83. The number of ether oxygens (including phenoxy) is 2. The minimum Gasteiger partial charge on any atom is -0.389 e. The summed E-state index contributed by atoms with van der Waals surface area (Å²) in [6, 6.07) is 0. The van der Waals surface area contributed by atoms with Crippen molar-refractivity contribution in [3.8, 4) is 0 Å². The molecule has 0 saturated carbocycles. The first kappa shape index (κ1) is 16.3. The zero-order valence-electron chi connectivity index (χ0n) is 10.3. The molecular formula is C10H22N2O5. The lowest BCUT2D eigenvalue weighted by Crippen LogP contribution is -2.41. The van der Waals surface area contributed by atoms with E-state index in [2.05, 4.69) is 5.32 Å². The van der Waals surface area contributed by atoms with Crippen LogP contribution in [0, 0.1) is 0 Å². The second kappa shape index (κ2) is 9.32. The van der Waals surface area contributed by atoms with Crippen molar-refractivity contribution < 1.29 is 24.5 Å². The minimum absolute atomic E-state index is 0.0139. The van der Waals surface area contributed by atoms with Gasteiger partial charge in [-0.3, -0.25) is 4.79 Å². The van der Waals surface area contributed by atoms with Gasteiger partial charge >= 0.3 is 0 Å². The number of hydrogen-bond donors (Lipinski definition) is 4. The summed E-state index contributed by atoms with van der Waals surface area (Å²) >= 11 is 0. The molecule has 0 fully saturated rings. The van der Waals surface area contributed by atoms with E-state index in [4.69, 9.17) is 20.3 Å². The molecular weight excluding hydrogens is 228 g/mol. The maximum Gasteiger partial charge on any atom is 0.247 e. The van der Waals surface area contributed by atoms with Gasteiger partial charge in [-0.05, 0) is 6.92 Å². The molecule has 1 amide bonds. The van der Waals surface area contributed by atoms with Crippen molar-refractivity contribution in [2.45, 2.75) is 25.2 Å². The molecule has 0 saturated heterocycles. The molecule has 102 valence electrons. The number of rotatable bonds is 10. The molecule has 0 aliphatic rings. The Labute approximate surface area is 101 Å². The van der Waals surface area contributed by atoms with Gasteiger partial charge in [0.25, 0.3) is 0 Å². The van der Waals surface area contributed by atoms with Crippen molar-refractivity contribution in [1.82, 2.24) is 5.32 Å². The Morgan fingerprint density at radius 1 is 1.35 bits per heavy atom. The first-order valence-electron chi connectivity index (χ1n) is 5.44. The van der Waals surface area contributed by atoms with Crippen LogP contribution in [-0.2, 0) is 14.3 Å². The molecule has 0 aromatic rings. The molecule has 0 rings (SSSR count). The van der Waals surface area contributed by atoms with Crippen LogP contribution < -0.4 is 11.1 Å². The SMILES string of the molecule is COCC(C)OCC(O)CNCC(O)C(N)=O. The van der Waals surface area contributed by atoms with E-state index in [0.29, 0.717) is 6.61 Å². The highest BCUT2D eigenvalue weighted by atomic mass is 16.5. The summed E-state index contributed by atoms with van der Waals surface area (Å²) in [6.45, 7) is 2.68. The number of carbonyl (C=O) groups excluding carboxylic acids is 1. The quantitative estimate of drug-likeness (QED) is 0.351. The van der Waals surface area contributed by atoms with Crippen LogP contribution in [0.4, 0.5) is 0 Å². The van der Waals surface area contributed by atoms with Gasteiger partial charge in [0.1, 0.15) is 6.10 Å². The number of carbonyl (C=O) groups is 1. The van der Waals surface area contributed by atoms with Crippen molar-refractivity contribution in [2.24, 2.45) is 5.73 Å². The molecule has 5 N–H and O–H groups in total. The fourth-order valence-electron chi connectivity index (χ4n) is 1.10. The number of amides is 1. The summed E-state index contributed by atoms with van der Waals surface area (Å²) < 4.78 is 10.1. The molecule has 0 heterocycles. The average molecular weight is 250 g/mol. The molecule has 0 aromatic heterocycles. The van der Waals surface area contributed by atoms with Crippen LogP contribution in [0.25, 0.3) is 0 Å². The number of aliphatic hydroxyl groups is 2. The van der Waals surface area contributed by atoms with Gasteiger partial charge in [0.2, 0.25) is 5.91 Å². The Morgan fingerprint density at radius 3 is 2.53 bits per heavy atom.